The van der Waals surface area contributed by atoms with Gasteiger partial charge in [-0.2, -0.15) is 0 Å². The van der Waals surface area contributed by atoms with Crippen LogP contribution in [0.5, 0.6) is 0 Å². The topological polar surface area (TPSA) is 46.9 Å². The van der Waals surface area contributed by atoms with E-state index in [1.807, 2.05) is 31.2 Å². The van der Waals surface area contributed by atoms with Crippen LogP contribution in [-0.2, 0) is 13.1 Å². The van der Waals surface area contributed by atoms with Crippen LogP contribution >= 0.6 is 11.6 Å². The van der Waals surface area contributed by atoms with Crippen molar-refractivity contribution in [2.75, 3.05) is 0 Å². The van der Waals surface area contributed by atoms with E-state index < -0.39 is 0 Å². The Balaban J connectivity index is 1.86. The Morgan fingerprint density at radius 2 is 1.92 bits per heavy atom. The SMILES string of the molecule is C=C(C)Cn1c(CNC(=O)c2ccccc2Cl)nc2ccccc21. The highest BCUT2D eigenvalue weighted by molar-refractivity contribution is 6.33. The van der Waals surface area contributed by atoms with Gasteiger partial charge in [-0.05, 0) is 31.2 Å². The molecule has 0 unspecified atom stereocenters. The van der Waals surface area contributed by atoms with Gasteiger partial charge in [0.1, 0.15) is 5.82 Å². The highest BCUT2D eigenvalue weighted by atomic mass is 35.5. The molecule has 0 radical (unpaired) electrons. The molecule has 0 spiro atoms. The predicted molar refractivity (Wildman–Crippen MR) is 97.2 cm³/mol. The number of fused-ring (bicyclic) bond motifs is 1. The van der Waals surface area contributed by atoms with E-state index in [9.17, 15) is 4.79 Å². The Hall–Kier alpha value is -2.59. The number of nitrogens with zero attached hydrogens (tertiary/aromatic N) is 2. The summed E-state index contributed by atoms with van der Waals surface area (Å²) in [6.07, 6.45) is 0. The van der Waals surface area contributed by atoms with Crippen molar-refractivity contribution < 1.29 is 4.79 Å². The van der Waals surface area contributed by atoms with Gasteiger partial charge in [-0.15, -0.1) is 0 Å². The van der Waals surface area contributed by atoms with E-state index in [2.05, 4.69) is 21.4 Å². The van der Waals surface area contributed by atoms with Crippen LogP contribution in [0.15, 0.2) is 60.7 Å². The molecule has 1 aromatic heterocycles. The second kappa shape index (κ2) is 6.89. The van der Waals surface area contributed by atoms with Crippen LogP contribution in [-0.4, -0.2) is 15.5 Å². The van der Waals surface area contributed by atoms with E-state index in [0.29, 0.717) is 23.7 Å². The number of para-hydroxylation sites is 2. The minimum absolute atomic E-state index is 0.213. The number of imidazole rings is 1. The third kappa shape index (κ3) is 3.34. The first-order valence-electron chi connectivity index (χ1n) is 7.67. The van der Waals surface area contributed by atoms with Crippen molar-refractivity contribution in [3.63, 3.8) is 0 Å². The minimum atomic E-state index is -0.213. The fourth-order valence-electron chi connectivity index (χ4n) is 2.61. The van der Waals surface area contributed by atoms with Gasteiger partial charge in [-0.3, -0.25) is 4.79 Å². The molecular weight excluding hydrogens is 322 g/mol. The fraction of sp³-hybridized carbons (Fsp3) is 0.158. The highest BCUT2D eigenvalue weighted by Crippen LogP contribution is 2.18. The summed E-state index contributed by atoms with van der Waals surface area (Å²) in [5, 5.41) is 3.33. The minimum Gasteiger partial charge on any atom is -0.345 e. The first-order chi connectivity index (χ1) is 11.6. The summed E-state index contributed by atoms with van der Waals surface area (Å²) in [5.74, 6) is 0.578. The number of hydrogen-bond donors (Lipinski definition) is 1. The second-order valence-electron chi connectivity index (χ2n) is 5.72. The summed E-state index contributed by atoms with van der Waals surface area (Å²) in [7, 11) is 0. The molecule has 0 atom stereocenters. The molecule has 122 valence electrons. The first-order valence-corrected chi connectivity index (χ1v) is 8.05. The Labute approximate surface area is 145 Å². The molecule has 0 aliphatic rings. The van der Waals surface area contributed by atoms with E-state index >= 15 is 0 Å². The van der Waals surface area contributed by atoms with Gasteiger partial charge in [0.25, 0.3) is 5.91 Å². The summed E-state index contributed by atoms with van der Waals surface area (Å²) in [5.41, 5.74) is 3.42. The molecule has 1 heterocycles. The summed E-state index contributed by atoms with van der Waals surface area (Å²) in [6.45, 7) is 6.94. The third-order valence-electron chi connectivity index (χ3n) is 3.69. The van der Waals surface area contributed by atoms with Crippen molar-refractivity contribution in [2.24, 2.45) is 0 Å². The number of carbonyl (C=O) groups excluding carboxylic acids is 1. The number of halogens is 1. The monoisotopic (exact) mass is 339 g/mol. The van der Waals surface area contributed by atoms with Crippen LogP contribution < -0.4 is 5.32 Å². The van der Waals surface area contributed by atoms with Crippen molar-refractivity contribution in [2.45, 2.75) is 20.0 Å². The molecule has 2 aromatic carbocycles. The summed E-state index contributed by atoms with van der Waals surface area (Å²) in [4.78, 5) is 17.0. The number of allylic oxidation sites excluding steroid dienone is 1. The molecular formula is C19H18ClN3O. The molecule has 3 rings (SSSR count). The average molecular weight is 340 g/mol. The Bertz CT molecular complexity index is 914. The van der Waals surface area contributed by atoms with Gasteiger partial charge >= 0.3 is 0 Å². The molecule has 5 heteroatoms. The fourth-order valence-corrected chi connectivity index (χ4v) is 2.83. The smallest absolute Gasteiger partial charge is 0.253 e. The molecule has 0 saturated carbocycles. The molecule has 0 bridgehead atoms. The van der Waals surface area contributed by atoms with Crippen LogP contribution in [0.3, 0.4) is 0 Å². The lowest BCUT2D eigenvalue weighted by molar-refractivity contribution is 0.0949. The maximum atomic E-state index is 12.3. The maximum absolute atomic E-state index is 12.3. The second-order valence-corrected chi connectivity index (χ2v) is 6.13. The van der Waals surface area contributed by atoms with Gasteiger partial charge in [0.05, 0.1) is 28.2 Å². The molecule has 0 aliphatic heterocycles. The molecule has 1 N–H and O–H groups in total. The summed E-state index contributed by atoms with van der Waals surface area (Å²) < 4.78 is 2.07. The Morgan fingerprint density at radius 3 is 2.67 bits per heavy atom. The number of aromatic nitrogens is 2. The van der Waals surface area contributed by atoms with E-state index in [4.69, 9.17) is 11.6 Å². The van der Waals surface area contributed by atoms with Gasteiger partial charge in [0, 0.05) is 6.54 Å². The van der Waals surface area contributed by atoms with Crippen LogP contribution in [0, 0.1) is 0 Å². The lowest BCUT2D eigenvalue weighted by Crippen LogP contribution is -2.25. The van der Waals surface area contributed by atoms with Crippen molar-refractivity contribution in [1.29, 1.82) is 0 Å². The van der Waals surface area contributed by atoms with Gasteiger partial charge in [-0.1, -0.05) is 48.0 Å². The standard InChI is InChI=1S/C19H18ClN3O/c1-13(2)12-23-17-10-6-5-9-16(17)22-18(23)11-21-19(24)14-7-3-4-8-15(14)20/h3-10H,1,11-12H2,2H3,(H,21,24). The number of amides is 1. The largest absolute Gasteiger partial charge is 0.345 e. The lowest BCUT2D eigenvalue weighted by atomic mass is 10.2. The molecule has 0 fully saturated rings. The van der Waals surface area contributed by atoms with Gasteiger partial charge in [0.15, 0.2) is 0 Å². The van der Waals surface area contributed by atoms with E-state index in [1.54, 1.807) is 24.3 Å². The van der Waals surface area contributed by atoms with Crippen molar-refractivity contribution in [1.82, 2.24) is 14.9 Å². The lowest BCUT2D eigenvalue weighted by Gasteiger charge is -2.10. The van der Waals surface area contributed by atoms with Crippen LogP contribution in [0.25, 0.3) is 11.0 Å². The first kappa shape index (κ1) is 16.3. The van der Waals surface area contributed by atoms with E-state index in [0.717, 1.165) is 22.4 Å². The predicted octanol–water partition coefficient (Wildman–Crippen LogP) is 4.20. The van der Waals surface area contributed by atoms with E-state index in [1.165, 1.54) is 0 Å². The molecule has 3 aromatic rings. The van der Waals surface area contributed by atoms with Crippen LogP contribution in [0.2, 0.25) is 5.02 Å². The quantitative estimate of drug-likeness (QED) is 0.708. The molecule has 0 aliphatic carbocycles. The summed E-state index contributed by atoms with van der Waals surface area (Å²) in [6, 6.07) is 14.9. The Morgan fingerprint density at radius 1 is 1.21 bits per heavy atom. The molecule has 1 amide bonds. The number of benzene rings is 2. The zero-order chi connectivity index (χ0) is 17.1. The van der Waals surface area contributed by atoms with E-state index in [-0.39, 0.29) is 5.91 Å². The zero-order valence-electron chi connectivity index (χ0n) is 13.4. The third-order valence-corrected chi connectivity index (χ3v) is 4.02. The van der Waals surface area contributed by atoms with Gasteiger partial charge in [-0.25, -0.2) is 4.98 Å². The van der Waals surface area contributed by atoms with Gasteiger partial charge in [0.2, 0.25) is 0 Å². The number of rotatable bonds is 5. The Kier molecular flexibility index (Phi) is 4.67. The van der Waals surface area contributed by atoms with Crippen LogP contribution in [0.1, 0.15) is 23.1 Å². The van der Waals surface area contributed by atoms with Crippen LogP contribution in [0.4, 0.5) is 0 Å². The molecule has 0 saturated heterocycles. The van der Waals surface area contributed by atoms with Crippen molar-refractivity contribution in [3.8, 4) is 0 Å². The highest BCUT2D eigenvalue weighted by Gasteiger charge is 2.13. The maximum Gasteiger partial charge on any atom is 0.253 e. The number of hydrogen-bond acceptors (Lipinski definition) is 2. The molecule has 24 heavy (non-hydrogen) atoms. The number of carbonyl (C=O) groups is 1. The normalized spacial score (nSPS) is 10.8. The average Bonchev–Trinajstić information content (AvgIpc) is 2.90. The molecule has 4 nitrogen and oxygen atoms in total. The summed E-state index contributed by atoms with van der Waals surface area (Å²) >= 11 is 6.07. The van der Waals surface area contributed by atoms with Crippen molar-refractivity contribution >= 4 is 28.5 Å². The van der Waals surface area contributed by atoms with Gasteiger partial charge < -0.3 is 9.88 Å². The number of nitrogens with one attached hydrogen (secondary N) is 1. The zero-order valence-corrected chi connectivity index (χ0v) is 14.2. The van der Waals surface area contributed by atoms with Crippen molar-refractivity contribution in [3.05, 3.63) is 77.1 Å².